The third kappa shape index (κ3) is 4.23. The maximum atomic E-state index is 13.0. The lowest BCUT2D eigenvalue weighted by Gasteiger charge is -2.11. The highest BCUT2D eigenvalue weighted by Crippen LogP contribution is 2.26. The van der Waals surface area contributed by atoms with Crippen LogP contribution >= 0.6 is 11.6 Å². The van der Waals surface area contributed by atoms with Gasteiger partial charge in [-0.1, -0.05) is 53.6 Å². The number of nitrogens with one attached hydrogen (secondary N) is 1. The molecule has 0 aliphatic rings. The average Bonchev–Trinajstić information content (AvgIpc) is 3.18. The molecule has 0 fully saturated rings. The predicted molar refractivity (Wildman–Crippen MR) is 125 cm³/mol. The van der Waals surface area contributed by atoms with Gasteiger partial charge in [-0.15, -0.1) is 5.10 Å². The SMILES string of the molecule is Cc1cccc(-c2nc(C(=O)Nc3cc(Cl)ccc3C)nn2-c2cccc(C)c2C)c1. The molecule has 6 heteroatoms. The van der Waals surface area contributed by atoms with Crippen molar-refractivity contribution in [2.24, 2.45) is 0 Å². The molecule has 4 rings (SSSR count). The molecule has 31 heavy (non-hydrogen) atoms. The van der Waals surface area contributed by atoms with Crippen molar-refractivity contribution in [3.8, 4) is 17.1 Å². The Balaban J connectivity index is 1.82. The van der Waals surface area contributed by atoms with Crippen LogP contribution in [0, 0.1) is 27.7 Å². The number of halogens is 1. The minimum absolute atomic E-state index is 0.0942. The molecule has 0 radical (unpaired) electrons. The van der Waals surface area contributed by atoms with Crippen LogP contribution in [0.3, 0.4) is 0 Å². The standard InChI is InChI=1S/C25H23ClN4O/c1-15-7-5-9-19(13-15)24-28-23(25(31)27-21-14-20(26)12-11-17(21)3)29-30(24)22-10-6-8-16(2)18(22)4/h5-14H,1-4H3,(H,27,31). The zero-order valence-electron chi connectivity index (χ0n) is 17.9. The van der Waals surface area contributed by atoms with Crippen LogP contribution in [0.2, 0.25) is 5.02 Å². The second kappa shape index (κ2) is 8.36. The number of carbonyl (C=O) groups excluding carboxylic acids is 1. The molecule has 0 aliphatic heterocycles. The molecular formula is C25H23ClN4O. The lowest BCUT2D eigenvalue weighted by molar-refractivity contribution is 0.101. The van der Waals surface area contributed by atoms with Crippen LogP contribution < -0.4 is 5.32 Å². The van der Waals surface area contributed by atoms with Gasteiger partial charge in [0.15, 0.2) is 5.82 Å². The van der Waals surface area contributed by atoms with E-state index in [1.54, 1.807) is 16.8 Å². The van der Waals surface area contributed by atoms with Gasteiger partial charge in [-0.3, -0.25) is 4.79 Å². The first-order valence-electron chi connectivity index (χ1n) is 10.0. The van der Waals surface area contributed by atoms with Crippen LogP contribution in [0.25, 0.3) is 17.1 Å². The van der Waals surface area contributed by atoms with Gasteiger partial charge in [0.05, 0.1) is 5.69 Å². The lowest BCUT2D eigenvalue weighted by atomic mass is 10.1. The average molecular weight is 431 g/mol. The second-order valence-electron chi connectivity index (χ2n) is 7.67. The zero-order valence-corrected chi connectivity index (χ0v) is 18.7. The van der Waals surface area contributed by atoms with Crippen molar-refractivity contribution in [3.63, 3.8) is 0 Å². The fourth-order valence-corrected chi connectivity index (χ4v) is 3.59. The molecule has 0 saturated carbocycles. The number of hydrogen-bond acceptors (Lipinski definition) is 3. The van der Waals surface area contributed by atoms with Crippen LogP contribution in [0.15, 0.2) is 60.7 Å². The fourth-order valence-electron chi connectivity index (χ4n) is 3.42. The van der Waals surface area contributed by atoms with E-state index < -0.39 is 0 Å². The van der Waals surface area contributed by atoms with Gasteiger partial charge in [0.1, 0.15) is 0 Å². The van der Waals surface area contributed by atoms with E-state index in [9.17, 15) is 4.79 Å². The molecule has 0 atom stereocenters. The highest BCUT2D eigenvalue weighted by molar-refractivity contribution is 6.31. The summed E-state index contributed by atoms with van der Waals surface area (Å²) in [5, 5.41) is 8.03. The van der Waals surface area contributed by atoms with E-state index in [2.05, 4.69) is 28.4 Å². The summed E-state index contributed by atoms with van der Waals surface area (Å²) in [5.74, 6) is 0.325. The van der Waals surface area contributed by atoms with Gasteiger partial charge in [-0.25, -0.2) is 9.67 Å². The first-order chi connectivity index (χ1) is 14.8. The van der Waals surface area contributed by atoms with E-state index >= 15 is 0 Å². The predicted octanol–water partition coefficient (Wildman–Crippen LogP) is 6.07. The second-order valence-corrected chi connectivity index (χ2v) is 8.11. The van der Waals surface area contributed by atoms with Crippen LogP contribution in [0.4, 0.5) is 5.69 Å². The summed E-state index contributed by atoms with van der Waals surface area (Å²) in [6.45, 7) is 8.03. The number of nitrogens with zero attached hydrogens (tertiary/aromatic N) is 3. The summed E-state index contributed by atoms with van der Waals surface area (Å²) < 4.78 is 1.75. The fraction of sp³-hybridized carbons (Fsp3) is 0.160. The van der Waals surface area contributed by atoms with Crippen molar-refractivity contribution in [2.75, 3.05) is 5.32 Å². The Bertz CT molecular complexity index is 1290. The molecule has 0 saturated heterocycles. The molecule has 0 aliphatic carbocycles. The first-order valence-corrected chi connectivity index (χ1v) is 10.4. The molecule has 0 bridgehead atoms. The van der Waals surface area contributed by atoms with Gasteiger partial charge in [0.2, 0.25) is 5.82 Å². The maximum Gasteiger partial charge on any atom is 0.295 e. The Kier molecular flexibility index (Phi) is 5.61. The zero-order chi connectivity index (χ0) is 22.1. The van der Waals surface area contributed by atoms with Gasteiger partial charge < -0.3 is 5.32 Å². The minimum atomic E-state index is -0.386. The monoisotopic (exact) mass is 430 g/mol. The van der Waals surface area contributed by atoms with Gasteiger partial charge >= 0.3 is 0 Å². The van der Waals surface area contributed by atoms with Crippen molar-refractivity contribution in [2.45, 2.75) is 27.7 Å². The Morgan fingerprint density at radius 1 is 0.935 bits per heavy atom. The Morgan fingerprint density at radius 2 is 1.71 bits per heavy atom. The molecular weight excluding hydrogens is 408 g/mol. The lowest BCUT2D eigenvalue weighted by Crippen LogP contribution is -2.15. The van der Waals surface area contributed by atoms with Crippen molar-refractivity contribution >= 4 is 23.2 Å². The molecule has 0 spiro atoms. The van der Waals surface area contributed by atoms with E-state index in [0.29, 0.717) is 16.5 Å². The molecule has 1 aromatic heterocycles. The summed E-state index contributed by atoms with van der Waals surface area (Å²) in [5.41, 5.74) is 6.66. The number of rotatable bonds is 4. The topological polar surface area (TPSA) is 59.8 Å². The molecule has 4 aromatic rings. The number of anilines is 1. The van der Waals surface area contributed by atoms with Gasteiger partial charge in [-0.2, -0.15) is 0 Å². The highest BCUT2D eigenvalue weighted by atomic mass is 35.5. The smallest absolute Gasteiger partial charge is 0.295 e. The normalized spacial score (nSPS) is 10.9. The largest absolute Gasteiger partial charge is 0.319 e. The van der Waals surface area contributed by atoms with Gasteiger partial charge in [0.25, 0.3) is 5.91 Å². The molecule has 3 aromatic carbocycles. The number of carbonyl (C=O) groups is 1. The van der Waals surface area contributed by atoms with Crippen LogP contribution in [0.1, 0.15) is 32.9 Å². The quantitative estimate of drug-likeness (QED) is 0.427. The van der Waals surface area contributed by atoms with E-state index in [-0.39, 0.29) is 11.7 Å². The van der Waals surface area contributed by atoms with Crippen molar-refractivity contribution in [3.05, 3.63) is 93.8 Å². The van der Waals surface area contributed by atoms with E-state index in [4.69, 9.17) is 11.6 Å². The van der Waals surface area contributed by atoms with E-state index in [0.717, 1.165) is 33.5 Å². The summed E-state index contributed by atoms with van der Waals surface area (Å²) in [6.07, 6.45) is 0. The third-order valence-corrected chi connectivity index (χ3v) is 5.57. The number of benzene rings is 3. The molecule has 5 nitrogen and oxygen atoms in total. The summed E-state index contributed by atoms with van der Waals surface area (Å²) >= 11 is 6.10. The Hall–Kier alpha value is -3.44. The van der Waals surface area contributed by atoms with Gasteiger partial charge in [0, 0.05) is 16.3 Å². The number of aromatic nitrogens is 3. The number of amides is 1. The van der Waals surface area contributed by atoms with Gasteiger partial charge in [-0.05, 0) is 68.7 Å². The Labute approximate surface area is 186 Å². The van der Waals surface area contributed by atoms with Crippen LogP contribution in [0.5, 0.6) is 0 Å². The summed E-state index contributed by atoms with van der Waals surface area (Å²) in [4.78, 5) is 17.7. The summed E-state index contributed by atoms with van der Waals surface area (Å²) in [7, 11) is 0. The van der Waals surface area contributed by atoms with Crippen LogP contribution in [-0.2, 0) is 0 Å². The van der Waals surface area contributed by atoms with E-state index in [1.807, 2.05) is 63.2 Å². The van der Waals surface area contributed by atoms with E-state index in [1.165, 1.54) is 0 Å². The van der Waals surface area contributed by atoms with Crippen molar-refractivity contribution < 1.29 is 4.79 Å². The first kappa shape index (κ1) is 20.8. The van der Waals surface area contributed by atoms with Crippen LogP contribution in [-0.4, -0.2) is 20.7 Å². The van der Waals surface area contributed by atoms with Crippen molar-refractivity contribution in [1.82, 2.24) is 14.8 Å². The number of hydrogen-bond donors (Lipinski definition) is 1. The molecule has 1 heterocycles. The van der Waals surface area contributed by atoms with Crippen molar-refractivity contribution in [1.29, 1.82) is 0 Å². The molecule has 0 unspecified atom stereocenters. The number of aryl methyl sites for hydroxylation is 3. The highest BCUT2D eigenvalue weighted by Gasteiger charge is 2.20. The third-order valence-electron chi connectivity index (χ3n) is 5.34. The maximum absolute atomic E-state index is 13.0. The molecule has 1 amide bonds. The molecule has 1 N–H and O–H groups in total. The minimum Gasteiger partial charge on any atom is -0.319 e. The molecule has 156 valence electrons. The Morgan fingerprint density at radius 3 is 2.48 bits per heavy atom. The summed E-state index contributed by atoms with van der Waals surface area (Å²) in [6, 6.07) is 19.4.